The fraction of sp³-hybridized carbons (Fsp3) is 0.700. The van der Waals surface area contributed by atoms with Crippen LogP contribution in [0.4, 0.5) is 0 Å². The maximum Gasteiger partial charge on any atom is 0.136 e. The van der Waals surface area contributed by atoms with E-state index < -0.39 is 0 Å². The number of hydrogen-bond donors (Lipinski definition) is 0. The summed E-state index contributed by atoms with van der Waals surface area (Å²) in [5, 5.41) is 0. The molecule has 1 aromatic carbocycles. The Labute approximate surface area is 200 Å². The molecule has 0 heterocycles. The van der Waals surface area contributed by atoms with Gasteiger partial charge >= 0.3 is 0 Å². The van der Waals surface area contributed by atoms with Gasteiger partial charge < -0.3 is 9.47 Å². The summed E-state index contributed by atoms with van der Waals surface area (Å²) in [6, 6.07) is 8.23. The Kier molecular flexibility index (Phi) is 5.79. The summed E-state index contributed by atoms with van der Waals surface area (Å²) in [5.41, 5.74) is 3.24. The zero-order valence-electron chi connectivity index (χ0n) is 21.3. The second-order valence-corrected chi connectivity index (χ2v) is 12.2. The number of fused-ring (bicyclic) bond motifs is 5. The Morgan fingerprint density at radius 3 is 2.42 bits per heavy atom. The lowest BCUT2D eigenvalue weighted by molar-refractivity contribution is -0.138. The van der Waals surface area contributed by atoms with Crippen LogP contribution < -0.4 is 4.74 Å². The fourth-order valence-electron chi connectivity index (χ4n) is 8.55. The van der Waals surface area contributed by atoms with Crippen molar-refractivity contribution < 1.29 is 14.3 Å². The molecule has 0 aromatic heterocycles. The smallest absolute Gasteiger partial charge is 0.136 e. The highest BCUT2D eigenvalue weighted by Gasteiger charge is 2.63. The van der Waals surface area contributed by atoms with Gasteiger partial charge in [-0.2, -0.15) is 0 Å². The van der Waals surface area contributed by atoms with Crippen molar-refractivity contribution >= 4 is 5.78 Å². The topological polar surface area (TPSA) is 35.5 Å². The highest BCUT2D eigenvalue weighted by Crippen LogP contribution is 2.69. The molecule has 5 rings (SSSR count). The van der Waals surface area contributed by atoms with Gasteiger partial charge in [0.25, 0.3) is 0 Å². The van der Waals surface area contributed by atoms with Gasteiger partial charge in [0.2, 0.25) is 0 Å². The molecule has 4 aliphatic rings. The number of carbonyl (C=O) groups is 1. The molecule has 3 heteroatoms. The maximum atomic E-state index is 12.7. The maximum absolute atomic E-state index is 12.7. The predicted molar refractivity (Wildman–Crippen MR) is 132 cm³/mol. The summed E-state index contributed by atoms with van der Waals surface area (Å²) in [7, 11) is 1.70. The number of allylic oxidation sites excluding steroid dienone is 1. The lowest BCUT2D eigenvalue weighted by Gasteiger charge is -2.59. The number of Topliss-reactive ketones (excluding diaryl/α,β-unsaturated/α-hetero) is 1. The van der Waals surface area contributed by atoms with Gasteiger partial charge in [-0.05, 0) is 105 Å². The highest BCUT2D eigenvalue weighted by molar-refractivity contribution is 5.83. The van der Waals surface area contributed by atoms with E-state index in [0.717, 1.165) is 36.8 Å². The number of methoxy groups -OCH3 is 1. The number of ketones is 1. The number of carbonyl (C=O) groups excluding carboxylic acids is 1. The Morgan fingerprint density at radius 2 is 1.73 bits per heavy atom. The predicted octanol–water partition coefficient (Wildman–Crippen LogP) is 7.14. The van der Waals surface area contributed by atoms with Crippen molar-refractivity contribution in [2.24, 2.45) is 34.0 Å². The number of hydrogen-bond acceptors (Lipinski definition) is 3. The normalized spacial score (nSPS) is 42.0. The van der Waals surface area contributed by atoms with E-state index in [1.54, 1.807) is 12.7 Å². The summed E-state index contributed by atoms with van der Waals surface area (Å²) in [6.45, 7) is 9.79. The monoisotopic (exact) mass is 450 g/mol. The summed E-state index contributed by atoms with van der Waals surface area (Å²) in [4.78, 5) is 12.7. The second kappa shape index (κ2) is 8.26. The van der Waals surface area contributed by atoms with E-state index in [2.05, 4.69) is 39.0 Å². The van der Waals surface area contributed by atoms with Crippen molar-refractivity contribution in [3.05, 3.63) is 41.5 Å². The van der Waals surface area contributed by atoms with Crippen LogP contribution in [0.1, 0.15) is 84.6 Å². The van der Waals surface area contributed by atoms with E-state index in [-0.39, 0.29) is 10.8 Å². The summed E-state index contributed by atoms with van der Waals surface area (Å²) in [5.74, 6) is 3.52. The minimum atomic E-state index is -0.125. The van der Waals surface area contributed by atoms with Crippen LogP contribution in [-0.4, -0.2) is 19.0 Å². The Bertz CT molecular complexity index is 932. The van der Waals surface area contributed by atoms with Gasteiger partial charge in [-0.1, -0.05) is 44.6 Å². The molecule has 7 atom stereocenters. The standard InChI is InChI=1S/C30H42O3/c1-20(31)29(3)16-14-27-25-11-8-22-18-24(33-19-21-6-9-23(32-5)10-7-21)12-15-28(22,2)26(25)13-17-30(27,29)4/h6-10,24-27H,11-19H2,1-5H3. The van der Waals surface area contributed by atoms with Crippen LogP contribution in [0.3, 0.4) is 0 Å². The minimum absolute atomic E-state index is 0.125. The van der Waals surface area contributed by atoms with Gasteiger partial charge in [-0.3, -0.25) is 4.79 Å². The van der Waals surface area contributed by atoms with E-state index in [1.165, 1.54) is 37.7 Å². The average molecular weight is 451 g/mol. The molecule has 0 bridgehead atoms. The van der Waals surface area contributed by atoms with E-state index in [4.69, 9.17) is 9.47 Å². The van der Waals surface area contributed by atoms with Crippen molar-refractivity contribution in [3.63, 3.8) is 0 Å². The molecule has 1 aromatic rings. The van der Waals surface area contributed by atoms with Crippen LogP contribution in [0.25, 0.3) is 0 Å². The highest BCUT2D eigenvalue weighted by atomic mass is 16.5. The van der Waals surface area contributed by atoms with Gasteiger partial charge in [0.15, 0.2) is 0 Å². The first-order chi connectivity index (χ1) is 15.7. The molecule has 3 nitrogen and oxygen atoms in total. The fourth-order valence-corrected chi connectivity index (χ4v) is 8.55. The van der Waals surface area contributed by atoms with Crippen molar-refractivity contribution in [3.8, 4) is 5.75 Å². The van der Waals surface area contributed by atoms with Crippen LogP contribution in [0.2, 0.25) is 0 Å². The Hall–Kier alpha value is -1.61. The zero-order valence-corrected chi connectivity index (χ0v) is 21.3. The van der Waals surface area contributed by atoms with Crippen molar-refractivity contribution in [2.45, 2.75) is 91.8 Å². The van der Waals surface area contributed by atoms with Crippen LogP contribution in [0.15, 0.2) is 35.9 Å². The van der Waals surface area contributed by atoms with E-state index in [9.17, 15) is 4.79 Å². The molecule has 180 valence electrons. The summed E-state index contributed by atoms with van der Waals surface area (Å²) in [6.07, 6.45) is 12.4. The molecular formula is C30H42O3. The minimum Gasteiger partial charge on any atom is -0.497 e. The molecule has 0 spiro atoms. The van der Waals surface area contributed by atoms with E-state index in [0.29, 0.717) is 29.8 Å². The van der Waals surface area contributed by atoms with Crippen LogP contribution >= 0.6 is 0 Å². The van der Waals surface area contributed by atoms with Crippen LogP contribution in [0.5, 0.6) is 5.75 Å². The molecule has 0 amide bonds. The third-order valence-corrected chi connectivity index (χ3v) is 11.1. The molecule has 33 heavy (non-hydrogen) atoms. The molecule has 3 fully saturated rings. The summed E-state index contributed by atoms with van der Waals surface area (Å²) < 4.78 is 11.7. The Balaban J connectivity index is 1.28. The van der Waals surface area contributed by atoms with Crippen molar-refractivity contribution in [1.82, 2.24) is 0 Å². The number of rotatable bonds is 5. The Morgan fingerprint density at radius 1 is 1.00 bits per heavy atom. The SMILES string of the molecule is COc1ccc(COC2CCC3(C)C(=CCC4C3CCC3(C)C4CCC3(C)C(C)=O)C2)cc1. The van der Waals surface area contributed by atoms with E-state index >= 15 is 0 Å². The largest absolute Gasteiger partial charge is 0.497 e. The molecule has 0 N–H and O–H groups in total. The molecule has 0 radical (unpaired) electrons. The zero-order chi connectivity index (χ0) is 23.4. The molecule has 3 saturated carbocycles. The lowest BCUT2D eigenvalue weighted by Crippen LogP contribution is -2.53. The van der Waals surface area contributed by atoms with Crippen molar-refractivity contribution in [2.75, 3.05) is 7.11 Å². The van der Waals surface area contributed by atoms with Gasteiger partial charge in [0, 0.05) is 5.41 Å². The van der Waals surface area contributed by atoms with Gasteiger partial charge in [0.05, 0.1) is 19.8 Å². The molecule has 0 aliphatic heterocycles. The molecule has 7 unspecified atom stereocenters. The third-order valence-electron chi connectivity index (χ3n) is 11.1. The first-order valence-corrected chi connectivity index (χ1v) is 13.2. The quantitative estimate of drug-likeness (QED) is 0.447. The average Bonchev–Trinajstić information content (AvgIpc) is 3.10. The lowest BCUT2D eigenvalue weighted by atomic mass is 9.45. The summed E-state index contributed by atoms with van der Waals surface area (Å²) >= 11 is 0. The van der Waals surface area contributed by atoms with E-state index in [1.807, 2.05) is 19.1 Å². The van der Waals surface area contributed by atoms with Gasteiger partial charge in [-0.25, -0.2) is 0 Å². The first-order valence-electron chi connectivity index (χ1n) is 13.2. The van der Waals surface area contributed by atoms with Crippen LogP contribution in [0, 0.1) is 34.0 Å². The van der Waals surface area contributed by atoms with Gasteiger partial charge in [0.1, 0.15) is 11.5 Å². The molecule has 4 aliphatic carbocycles. The molecule has 0 saturated heterocycles. The number of ether oxygens (including phenoxy) is 2. The number of benzene rings is 1. The molecular weight excluding hydrogens is 408 g/mol. The second-order valence-electron chi connectivity index (χ2n) is 12.2. The van der Waals surface area contributed by atoms with Crippen LogP contribution in [-0.2, 0) is 16.1 Å². The first kappa shape index (κ1) is 23.1. The van der Waals surface area contributed by atoms with Crippen molar-refractivity contribution in [1.29, 1.82) is 0 Å². The third kappa shape index (κ3) is 3.52. The van der Waals surface area contributed by atoms with Gasteiger partial charge in [-0.15, -0.1) is 0 Å².